The van der Waals surface area contributed by atoms with Crippen molar-refractivity contribution in [1.29, 1.82) is 0 Å². The number of aromatic nitrogens is 1. The topological polar surface area (TPSA) is 56.7 Å². The first kappa shape index (κ1) is 17.9. The van der Waals surface area contributed by atoms with Gasteiger partial charge in [-0.15, -0.1) is 0 Å². The molecule has 0 unspecified atom stereocenters. The molecule has 5 heteroatoms. The largest absolute Gasteiger partial charge is 0.393 e. The smallest absolute Gasteiger partial charge is 0.230 e. The zero-order valence-corrected chi connectivity index (χ0v) is 16.4. The van der Waals surface area contributed by atoms with Gasteiger partial charge in [-0.3, -0.25) is 9.78 Å². The van der Waals surface area contributed by atoms with Crippen LogP contribution in [0, 0.1) is 5.41 Å². The van der Waals surface area contributed by atoms with Gasteiger partial charge in [0.1, 0.15) is 0 Å². The molecule has 28 heavy (non-hydrogen) atoms. The van der Waals surface area contributed by atoms with E-state index in [0.717, 1.165) is 81.2 Å². The minimum absolute atomic E-state index is 0.174. The van der Waals surface area contributed by atoms with Crippen LogP contribution in [0.2, 0.25) is 0 Å². The lowest BCUT2D eigenvalue weighted by Crippen LogP contribution is -2.50. The quantitative estimate of drug-likeness (QED) is 0.869. The van der Waals surface area contributed by atoms with E-state index in [1.54, 1.807) is 0 Å². The van der Waals surface area contributed by atoms with Crippen molar-refractivity contribution in [1.82, 2.24) is 9.88 Å². The van der Waals surface area contributed by atoms with Crippen LogP contribution in [0.3, 0.4) is 0 Å². The first-order chi connectivity index (χ1) is 13.7. The lowest BCUT2D eigenvalue weighted by molar-refractivity contribution is -0.139. The number of hydrogen-bond acceptors (Lipinski definition) is 4. The lowest BCUT2D eigenvalue weighted by Gasteiger charge is -2.41. The summed E-state index contributed by atoms with van der Waals surface area (Å²) in [5.41, 5.74) is 1.94. The molecule has 3 fully saturated rings. The Morgan fingerprint density at radius 2 is 1.86 bits per heavy atom. The molecule has 1 aliphatic carbocycles. The number of benzene rings is 1. The number of piperidine rings is 1. The fourth-order valence-electron chi connectivity index (χ4n) is 5.63. The van der Waals surface area contributed by atoms with Crippen LogP contribution in [-0.4, -0.2) is 52.7 Å². The van der Waals surface area contributed by atoms with Crippen molar-refractivity contribution in [3.8, 4) is 0 Å². The summed E-state index contributed by atoms with van der Waals surface area (Å²) in [6.07, 6.45) is 8.22. The SMILES string of the molecule is O=C1N(C2CCC(O)CC2)CC[C@]12CCCN(c1cccc3cccnc13)C2. The Balaban J connectivity index is 1.39. The van der Waals surface area contributed by atoms with E-state index in [9.17, 15) is 9.90 Å². The van der Waals surface area contributed by atoms with Gasteiger partial charge in [-0.2, -0.15) is 0 Å². The molecule has 1 amide bonds. The molecule has 0 radical (unpaired) electrons. The van der Waals surface area contributed by atoms with E-state index in [1.165, 1.54) is 0 Å². The average Bonchev–Trinajstić information content (AvgIpc) is 3.04. The fraction of sp³-hybridized carbons (Fsp3) is 0.565. The molecule has 5 nitrogen and oxygen atoms in total. The summed E-state index contributed by atoms with van der Waals surface area (Å²) >= 11 is 0. The van der Waals surface area contributed by atoms with Gasteiger partial charge in [0.2, 0.25) is 5.91 Å². The van der Waals surface area contributed by atoms with E-state index in [0.29, 0.717) is 11.9 Å². The maximum Gasteiger partial charge on any atom is 0.230 e. The number of rotatable bonds is 2. The van der Waals surface area contributed by atoms with Crippen molar-refractivity contribution in [3.63, 3.8) is 0 Å². The molecule has 3 heterocycles. The van der Waals surface area contributed by atoms with Gasteiger partial charge in [-0.1, -0.05) is 18.2 Å². The molecule has 2 aromatic rings. The zero-order chi connectivity index (χ0) is 19.1. The van der Waals surface area contributed by atoms with Gasteiger partial charge in [0.15, 0.2) is 0 Å². The number of carbonyl (C=O) groups is 1. The van der Waals surface area contributed by atoms with Gasteiger partial charge < -0.3 is 14.9 Å². The van der Waals surface area contributed by atoms with Crippen LogP contribution in [0.4, 0.5) is 5.69 Å². The van der Waals surface area contributed by atoms with E-state index in [4.69, 9.17) is 0 Å². The number of aliphatic hydroxyl groups excluding tert-OH is 1. The molecule has 0 bridgehead atoms. The van der Waals surface area contributed by atoms with Crippen LogP contribution in [0.15, 0.2) is 36.5 Å². The van der Waals surface area contributed by atoms with Crippen molar-refractivity contribution in [2.75, 3.05) is 24.5 Å². The first-order valence-corrected chi connectivity index (χ1v) is 10.7. The second kappa shape index (κ2) is 7.03. The summed E-state index contributed by atoms with van der Waals surface area (Å²) in [4.78, 5) is 22.7. The van der Waals surface area contributed by atoms with Crippen LogP contribution < -0.4 is 4.90 Å². The van der Waals surface area contributed by atoms with Gasteiger partial charge in [-0.05, 0) is 57.1 Å². The van der Waals surface area contributed by atoms with E-state index in [2.05, 4.69) is 39.0 Å². The summed E-state index contributed by atoms with van der Waals surface area (Å²) in [7, 11) is 0. The molecule has 148 valence electrons. The molecule has 1 aromatic heterocycles. The third-order valence-corrected chi connectivity index (χ3v) is 7.18. The van der Waals surface area contributed by atoms with Crippen molar-refractivity contribution in [2.45, 2.75) is 57.1 Å². The predicted octanol–water partition coefficient (Wildman–Crippen LogP) is 3.36. The van der Waals surface area contributed by atoms with Gasteiger partial charge in [-0.25, -0.2) is 0 Å². The van der Waals surface area contributed by atoms with Crippen molar-refractivity contribution < 1.29 is 9.90 Å². The summed E-state index contributed by atoms with van der Waals surface area (Å²) < 4.78 is 0. The van der Waals surface area contributed by atoms with Crippen LogP contribution in [0.5, 0.6) is 0 Å². The van der Waals surface area contributed by atoms with Crippen LogP contribution in [0.25, 0.3) is 10.9 Å². The number of likely N-dealkylation sites (tertiary alicyclic amines) is 1. The number of para-hydroxylation sites is 1. The van der Waals surface area contributed by atoms with Crippen molar-refractivity contribution in [2.24, 2.45) is 5.41 Å². The minimum atomic E-state index is -0.245. The number of anilines is 1. The number of carbonyl (C=O) groups excluding carboxylic acids is 1. The highest BCUT2D eigenvalue weighted by Crippen LogP contribution is 2.44. The van der Waals surface area contributed by atoms with Crippen LogP contribution >= 0.6 is 0 Å². The molecule has 1 atom stereocenters. The summed E-state index contributed by atoms with van der Waals surface area (Å²) in [6, 6.07) is 10.7. The monoisotopic (exact) mass is 379 g/mol. The van der Waals surface area contributed by atoms with Gasteiger partial charge in [0.25, 0.3) is 0 Å². The molecule has 1 spiro atoms. The van der Waals surface area contributed by atoms with Gasteiger partial charge in [0.05, 0.1) is 22.7 Å². The normalized spacial score (nSPS) is 31.1. The maximum absolute atomic E-state index is 13.5. The lowest BCUT2D eigenvalue weighted by atomic mass is 9.78. The van der Waals surface area contributed by atoms with Gasteiger partial charge >= 0.3 is 0 Å². The molecule has 1 N–H and O–H groups in total. The van der Waals surface area contributed by atoms with Crippen molar-refractivity contribution >= 4 is 22.5 Å². The minimum Gasteiger partial charge on any atom is -0.393 e. The summed E-state index contributed by atoms with van der Waals surface area (Å²) in [5.74, 6) is 0.354. The molecule has 1 aromatic carbocycles. The van der Waals surface area contributed by atoms with Crippen LogP contribution in [-0.2, 0) is 4.79 Å². The summed E-state index contributed by atoms with van der Waals surface area (Å²) in [6.45, 7) is 2.66. The standard InChI is InChI=1S/C23H29N3O2/c27-19-9-7-18(8-10-19)26-15-12-23(22(26)28)11-3-14-25(16-23)20-6-1-4-17-5-2-13-24-21(17)20/h1-2,4-6,13,18-19,27H,3,7-12,14-16H2/t18?,19?,23-/m0/s1. The molecule has 3 aliphatic rings. The third kappa shape index (κ3) is 2.96. The molecule has 5 rings (SSSR count). The second-order valence-electron chi connectivity index (χ2n) is 8.87. The Bertz CT molecular complexity index is 872. The van der Waals surface area contributed by atoms with E-state index >= 15 is 0 Å². The number of fused-ring (bicyclic) bond motifs is 1. The third-order valence-electron chi connectivity index (χ3n) is 7.18. The van der Waals surface area contributed by atoms with Crippen LogP contribution in [0.1, 0.15) is 44.9 Å². The first-order valence-electron chi connectivity index (χ1n) is 10.7. The number of amides is 1. The average molecular weight is 380 g/mol. The molecular weight excluding hydrogens is 350 g/mol. The van der Waals surface area contributed by atoms with Gasteiger partial charge in [0, 0.05) is 37.3 Å². The molecule has 1 saturated carbocycles. The summed E-state index contributed by atoms with van der Waals surface area (Å²) in [5, 5.41) is 11.0. The van der Waals surface area contributed by atoms with Crippen molar-refractivity contribution in [3.05, 3.63) is 36.5 Å². The van der Waals surface area contributed by atoms with E-state index in [1.807, 2.05) is 12.3 Å². The fourth-order valence-corrected chi connectivity index (χ4v) is 5.63. The highest BCUT2D eigenvalue weighted by molar-refractivity contribution is 5.92. The Morgan fingerprint density at radius 3 is 2.71 bits per heavy atom. The Morgan fingerprint density at radius 1 is 1.04 bits per heavy atom. The number of nitrogens with zero attached hydrogens (tertiary/aromatic N) is 3. The number of hydrogen-bond donors (Lipinski definition) is 1. The Labute approximate surface area is 166 Å². The maximum atomic E-state index is 13.5. The molecule has 2 saturated heterocycles. The Hall–Kier alpha value is -2.14. The highest BCUT2D eigenvalue weighted by atomic mass is 16.3. The second-order valence-corrected chi connectivity index (χ2v) is 8.87. The molecular formula is C23H29N3O2. The molecule has 2 aliphatic heterocycles. The van der Waals surface area contributed by atoms with E-state index < -0.39 is 0 Å². The number of pyridine rings is 1. The highest BCUT2D eigenvalue weighted by Gasteiger charge is 2.50. The zero-order valence-electron chi connectivity index (χ0n) is 16.4. The Kier molecular flexibility index (Phi) is 4.50. The number of aliphatic hydroxyl groups is 1. The van der Waals surface area contributed by atoms with E-state index in [-0.39, 0.29) is 11.5 Å². The predicted molar refractivity (Wildman–Crippen MR) is 110 cm³/mol.